The maximum atomic E-state index is 11.7. The molecule has 0 aliphatic heterocycles. The molecular formula is C13H21N3O2S2. The van der Waals surface area contributed by atoms with Crippen LogP contribution in [-0.2, 0) is 4.79 Å². The number of nitrogens with zero attached hydrogens (tertiary/aromatic N) is 2. The Kier molecular flexibility index (Phi) is 5.40. The molecule has 1 aliphatic rings. The van der Waals surface area contributed by atoms with Gasteiger partial charge in [-0.1, -0.05) is 25.1 Å². The van der Waals surface area contributed by atoms with Crippen LogP contribution in [0.15, 0.2) is 4.34 Å². The first-order valence-corrected chi connectivity index (χ1v) is 8.76. The van der Waals surface area contributed by atoms with Crippen LogP contribution >= 0.6 is 23.3 Å². The summed E-state index contributed by atoms with van der Waals surface area (Å²) in [4.78, 5) is 16.0. The maximum absolute atomic E-state index is 11.7. The van der Waals surface area contributed by atoms with E-state index in [1.54, 1.807) is 11.8 Å². The van der Waals surface area contributed by atoms with Crippen molar-refractivity contribution in [3.63, 3.8) is 0 Å². The van der Waals surface area contributed by atoms with Crippen molar-refractivity contribution in [1.29, 1.82) is 0 Å². The Morgan fingerprint density at radius 3 is 3.05 bits per heavy atom. The van der Waals surface area contributed by atoms with Crippen LogP contribution in [-0.4, -0.2) is 38.3 Å². The molecule has 0 spiro atoms. The molecule has 1 heterocycles. The summed E-state index contributed by atoms with van der Waals surface area (Å²) in [5.74, 6) is 1.23. The van der Waals surface area contributed by atoms with E-state index in [1.165, 1.54) is 11.5 Å². The molecule has 2 atom stereocenters. The highest BCUT2D eigenvalue weighted by Gasteiger charge is 2.48. The first-order valence-electron chi connectivity index (χ1n) is 7.00. The van der Waals surface area contributed by atoms with Gasteiger partial charge in [0, 0.05) is 5.75 Å². The minimum absolute atomic E-state index is 0.210. The summed E-state index contributed by atoms with van der Waals surface area (Å²) >= 11 is 3.10. The molecule has 0 bridgehead atoms. The number of aryl methyl sites for hydroxylation is 1. The van der Waals surface area contributed by atoms with Gasteiger partial charge in [0.15, 0.2) is 4.34 Å². The summed E-state index contributed by atoms with van der Waals surface area (Å²) in [7, 11) is 0. The number of aromatic nitrogens is 2. The number of carboxylic acid groups (broad SMARTS) is 1. The molecule has 0 amide bonds. The van der Waals surface area contributed by atoms with Gasteiger partial charge in [-0.2, -0.15) is 4.37 Å². The molecule has 2 N–H and O–H groups in total. The lowest BCUT2D eigenvalue weighted by Crippen LogP contribution is -2.54. The van der Waals surface area contributed by atoms with Crippen molar-refractivity contribution in [2.45, 2.75) is 49.4 Å². The third-order valence-corrected chi connectivity index (χ3v) is 5.85. The van der Waals surface area contributed by atoms with Gasteiger partial charge in [0.2, 0.25) is 0 Å². The summed E-state index contributed by atoms with van der Waals surface area (Å²) in [5.41, 5.74) is -0.716. The van der Waals surface area contributed by atoms with Gasteiger partial charge in [0.25, 0.3) is 0 Å². The maximum Gasteiger partial charge on any atom is 0.324 e. The standard InChI is InChI=1S/C13H21N3O2S2/c1-3-14-13(11(17)18)7-4-5-10(13)6-8-19-12-15-9(2)16-20-12/h10,14H,3-8H2,1-2H3,(H,17,18). The van der Waals surface area contributed by atoms with Gasteiger partial charge in [0.05, 0.1) is 0 Å². The van der Waals surface area contributed by atoms with Crippen LogP contribution in [0.5, 0.6) is 0 Å². The Bertz CT molecular complexity index is 466. The minimum Gasteiger partial charge on any atom is -0.480 e. The highest BCUT2D eigenvalue weighted by atomic mass is 32.2. The Balaban J connectivity index is 1.91. The second kappa shape index (κ2) is 6.87. The van der Waals surface area contributed by atoms with Crippen molar-refractivity contribution < 1.29 is 9.90 Å². The summed E-state index contributed by atoms with van der Waals surface area (Å²) in [6.45, 7) is 4.56. The number of hydrogen-bond donors (Lipinski definition) is 2. The smallest absolute Gasteiger partial charge is 0.324 e. The van der Waals surface area contributed by atoms with Crippen molar-refractivity contribution in [2.24, 2.45) is 5.92 Å². The Hall–Kier alpha value is -0.660. The third kappa shape index (κ3) is 3.32. The number of rotatable bonds is 7. The van der Waals surface area contributed by atoms with Crippen LogP contribution < -0.4 is 5.32 Å². The van der Waals surface area contributed by atoms with E-state index in [0.29, 0.717) is 6.54 Å². The molecule has 0 radical (unpaired) electrons. The summed E-state index contributed by atoms with van der Waals surface area (Å²) in [6, 6.07) is 0. The quantitative estimate of drug-likeness (QED) is 0.753. The van der Waals surface area contributed by atoms with E-state index in [1.807, 2.05) is 13.8 Å². The van der Waals surface area contributed by atoms with Crippen molar-refractivity contribution in [3.05, 3.63) is 5.82 Å². The monoisotopic (exact) mass is 315 g/mol. The van der Waals surface area contributed by atoms with Crippen molar-refractivity contribution in [3.8, 4) is 0 Å². The van der Waals surface area contributed by atoms with Gasteiger partial charge >= 0.3 is 5.97 Å². The summed E-state index contributed by atoms with van der Waals surface area (Å²) < 4.78 is 5.13. The van der Waals surface area contributed by atoms with Crippen LogP contribution in [0.4, 0.5) is 0 Å². The molecule has 1 fully saturated rings. The van der Waals surface area contributed by atoms with E-state index >= 15 is 0 Å². The van der Waals surface area contributed by atoms with E-state index in [2.05, 4.69) is 14.7 Å². The molecule has 0 saturated heterocycles. The third-order valence-electron chi connectivity index (χ3n) is 3.90. The fourth-order valence-electron chi connectivity index (χ4n) is 3.00. The predicted octanol–water partition coefficient (Wildman–Crippen LogP) is 2.56. The summed E-state index contributed by atoms with van der Waals surface area (Å²) in [6.07, 6.45) is 3.63. The van der Waals surface area contributed by atoms with Gasteiger partial charge in [-0.15, -0.1) is 0 Å². The zero-order valence-electron chi connectivity index (χ0n) is 11.9. The zero-order valence-corrected chi connectivity index (χ0v) is 13.5. The number of carbonyl (C=O) groups is 1. The second-order valence-electron chi connectivity index (χ2n) is 5.14. The van der Waals surface area contributed by atoms with Crippen LogP contribution in [0.25, 0.3) is 0 Å². The first kappa shape index (κ1) is 15.7. The number of thioether (sulfide) groups is 1. The molecule has 1 aromatic heterocycles. The van der Waals surface area contributed by atoms with Gasteiger partial charge in [-0.25, -0.2) is 4.98 Å². The van der Waals surface area contributed by atoms with Crippen LogP contribution in [0.1, 0.15) is 38.4 Å². The Labute approximate surface area is 127 Å². The van der Waals surface area contributed by atoms with E-state index in [0.717, 1.165) is 41.6 Å². The highest BCUT2D eigenvalue weighted by molar-refractivity contribution is 8.00. The highest BCUT2D eigenvalue weighted by Crippen LogP contribution is 2.39. The van der Waals surface area contributed by atoms with E-state index in [-0.39, 0.29) is 5.92 Å². The lowest BCUT2D eigenvalue weighted by atomic mass is 9.85. The predicted molar refractivity (Wildman–Crippen MR) is 81.4 cm³/mol. The van der Waals surface area contributed by atoms with Gasteiger partial charge in [-0.3, -0.25) is 4.79 Å². The van der Waals surface area contributed by atoms with E-state index in [9.17, 15) is 9.90 Å². The van der Waals surface area contributed by atoms with Gasteiger partial charge in [0.1, 0.15) is 11.4 Å². The molecule has 1 saturated carbocycles. The van der Waals surface area contributed by atoms with Crippen molar-refractivity contribution in [1.82, 2.24) is 14.7 Å². The number of hydrogen-bond acceptors (Lipinski definition) is 6. The van der Waals surface area contributed by atoms with Crippen molar-refractivity contribution >= 4 is 29.3 Å². The number of nitrogens with one attached hydrogen (secondary N) is 1. The molecule has 1 aromatic rings. The Morgan fingerprint density at radius 1 is 1.65 bits per heavy atom. The Morgan fingerprint density at radius 2 is 2.45 bits per heavy atom. The molecule has 5 nitrogen and oxygen atoms in total. The molecule has 1 aliphatic carbocycles. The first-order chi connectivity index (χ1) is 9.58. The van der Waals surface area contributed by atoms with Crippen LogP contribution in [0.3, 0.4) is 0 Å². The SMILES string of the molecule is CCNC1(C(=O)O)CCCC1CCSc1nc(C)ns1. The zero-order chi connectivity index (χ0) is 14.6. The molecule has 7 heteroatoms. The normalized spacial score (nSPS) is 26.0. The topological polar surface area (TPSA) is 75.1 Å². The van der Waals surface area contributed by atoms with Gasteiger partial charge in [-0.05, 0) is 50.2 Å². The number of likely N-dealkylation sites (N-methyl/N-ethyl adjacent to an activating group) is 1. The molecule has 0 aromatic carbocycles. The number of aliphatic carboxylic acids is 1. The fraction of sp³-hybridized carbons (Fsp3) is 0.769. The molecule has 2 unspecified atom stereocenters. The number of carboxylic acids is 1. The van der Waals surface area contributed by atoms with Crippen LogP contribution in [0, 0.1) is 12.8 Å². The van der Waals surface area contributed by atoms with Crippen LogP contribution in [0.2, 0.25) is 0 Å². The minimum atomic E-state index is -0.716. The average molecular weight is 315 g/mol. The lowest BCUT2D eigenvalue weighted by Gasteiger charge is -2.32. The fourth-order valence-corrected chi connectivity index (χ4v) is 4.77. The molecule has 20 heavy (non-hydrogen) atoms. The van der Waals surface area contributed by atoms with Gasteiger partial charge < -0.3 is 10.4 Å². The second-order valence-corrected chi connectivity index (χ2v) is 7.23. The van der Waals surface area contributed by atoms with Crippen molar-refractivity contribution in [2.75, 3.05) is 12.3 Å². The summed E-state index contributed by atoms with van der Waals surface area (Å²) in [5, 5.41) is 12.8. The molecule has 112 valence electrons. The average Bonchev–Trinajstić information content (AvgIpc) is 2.98. The van der Waals surface area contributed by atoms with E-state index in [4.69, 9.17) is 0 Å². The molecule has 2 rings (SSSR count). The lowest BCUT2D eigenvalue weighted by molar-refractivity contribution is -0.146. The molecular weight excluding hydrogens is 294 g/mol. The largest absolute Gasteiger partial charge is 0.480 e. The van der Waals surface area contributed by atoms with E-state index < -0.39 is 11.5 Å².